The lowest BCUT2D eigenvalue weighted by Gasteiger charge is -2.25. The highest BCUT2D eigenvalue weighted by atomic mass is 19.1. The van der Waals surface area contributed by atoms with Crippen molar-refractivity contribution in [2.75, 3.05) is 12.0 Å². The quantitative estimate of drug-likeness (QED) is 0.848. The van der Waals surface area contributed by atoms with E-state index in [2.05, 4.69) is 0 Å². The standard InChI is InChI=1S/C19H19F2NO2/c1-12-6-7-14-9-16(21)18(24-2)10-17(14)22(19(12)23)11-13-4-3-5-15(20)8-13/h3-5,8-10,12H,6-7,11H2,1-2H3. The number of methoxy groups -OCH3 is 1. The number of benzene rings is 2. The summed E-state index contributed by atoms with van der Waals surface area (Å²) in [6.07, 6.45) is 1.26. The van der Waals surface area contributed by atoms with Gasteiger partial charge in [-0.3, -0.25) is 4.79 Å². The van der Waals surface area contributed by atoms with E-state index in [1.54, 1.807) is 23.1 Å². The predicted molar refractivity (Wildman–Crippen MR) is 88.0 cm³/mol. The van der Waals surface area contributed by atoms with E-state index in [0.717, 1.165) is 5.56 Å². The molecule has 3 rings (SSSR count). The van der Waals surface area contributed by atoms with E-state index < -0.39 is 5.82 Å². The molecule has 0 fully saturated rings. The maximum atomic E-state index is 14.0. The van der Waals surface area contributed by atoms with Gasteiger partial charge in [-0.05, 0) is 42.2 Å². The zero-order valence-electron chi connectivity index (χ0n) is 13.7. The first kappa shape index (κ1) is 16.4. The van der Waals surface area contributed by atoms with Gasteiger partial charge in [0.15, 0.2) is 11.6 Å². The van der Waals surface area contributed by atoms with Crippen LogP contribution in [-0.4, -0.2) is 13.0 Å². The van der Waals surface area contributed by atoms with E-state index in [9.17, 15) is 13.6 Å². The first-order valence-electron chi connectivity index (χ1n) is 7.92. The highest BCUT2D eigenvalue weighted by Gasteiger charge is 2.29. The lowest BCUT2D eigenvalue weighted by atomic mass is 10.0. The normalized spacial score (nSPS) is 17.4. The summed E-state index contributed by atoms with van der Waals surface area (Å²) in [5.74, 6) is -0.921. The molecule has 1 heterocycles. The molecule has 0 saturated heterocycles. The van der Waals surface area contributed by atoms with Crippen molar-refractivity contribution in [3.63, 3.8) is 0 Å². The molecule has 0 spiro atoms. The number of halogens is 2. The molecule has 5 heteroatoms. The second-order valence-electron chi connectivity index (χ2n) is 6.11. The van der Waals surface area contributed by atoms with Gasteiger partial charge in [-0.2, -0.15) is 0 Å². The Morgan fingerprint density at radius 1 is 1.25 bits per heavy atom. The van der Waals surface area contributed by atoms with Crippen molar-refractivity contribution in [1.82, 2.24) is 0 Å². The van der Waals surface area contributed by atoms with Gasteiger partial charge >= 0.3 is 0 Å². The van der Waals surface area contributed by atoms with Crippen molar-refractivity contribution in [1.29, 1.82) is 0 Å². The van der Waals surface area contributed by atoms with Crippen molar-refractivity contribution in [2.45, 2.75) is 26.3 Å². The van der Waals surface area contributed by atoms with Crippen LogP contribution in [0, 0.1) is 17.6 Å². The fourth-order valence-corrected chi connectivity index (χ4v) is 3.05. The summed E-state index contributed by atoms with van der Waals surface area (Å²) in [4.78, 5) is 14.4. The Hall–Kier alpha value is -2.43. The predicted octanol–water partition coefficient (Wildman–Crippen LogP) is 4.09. The van der Waals surface area contributed by atoms with Gasteiger partial charge in [0, 0.05) is 12.0 Å². The van der Waals surface area contributed by atoms with Gasteiger partial charge in [0.2, 0.25) is 5.91 Å². The van der Waals surface area contributed by atoms with Crippen LogP contribution in [0.5, 0.6) is 5.75 Å². The van der Waals surface area contributed by atoms with Gasteiger partial charge < -0.3 is 9.64 Å². The van der Waals surface area contributed by atoms with Crippen LogP contribution in [0.1, 0.15) is 24.5 Å². The Labute approximate surface area is 139 Å². The second kappa shape index (κ2) is 6.59. The molecule has 1 amide bonds. The lowest BCUT2D eigenvalue weighted by Crippen LogP contribution is -2.34. The third kappa shape index (κ3) is 3.11. The average Bonchev–Trinajstić information content (AvgIpc) is 2.66. The number of amides is 1. The summed E-state index contributed by atoms with van der Waals surface area (Å²) in [6.45, 7) is 2.10. The fraction of sp³-hybridized carbons (Fsp3) is 0.316. The van der Waals surface area contributed by atoms with Crippen LogP contribution in [-0.2, 0) is 17.8 Å². The molecule has 24 heavy (non-hydrogen) atoms. The molecule has 0 bridgehead atoms. The average molecular weight is 331 g/mol. The second-order valence-corrected chi connectivity index (χ2v) is 6.11. The molecule has 1 atom stereocenters. The molecule has 2 aromatic rings. The molecular formula is C19H19F2NO2. The molecule has 0 saturated carbocycles. The minimum atomic E-state index is -0.441. The van der Waals surface area contributed by atoms with E-state index in [4.69, 9.17) is 4.74 Å². The molecule has 1 aliphatic rings. The largest absolute Gasteiger partial charge is 0.494 e. The minimum Gasteiger partial charge on any atom is -0.494 e. The number of fused-ring (bicyclic) bond motifs is 1. The molecule has 0 aliphatic carbocycles. The number of carbonyl (C=O) groups is 1. The minimum absolute atomic E-state index is 0.0494. The van der Waals surface area contributed by atoms with Crippen LogP contribution in [0.3, 0.4) is 0 Å². The summed E-state index contributed by atoms with van der Waals surface area (Å²) in [7, 11) is 1.39. The first-order chi connectivity index (χ1) is 11.5. The summed E-state index contributed by atoms with van der Waals surface area (Å²) in [5, 5.41) is 0. The number of aryl methyl sites for hydroxylation is 1. The van der Waals surface area contributed by atoms with Crippen LogP contribution >= 0.6 is 0 Å². The Kier molecular flexibility index (Phi) is 4.51. The molecular weight excluding hydrogens is 312 g/mol. The molecule has 1 aliphatic heterocycles. The van der Waals surface area contributed by atoms with Crippen LogP contribution < -0.4 is 9.64 Å². The maximum Gasteiger partial charge on any atom is 0.230 e. The van der Waals surface area contributed by atoms with Crippen molar-refractivity contribution >= 4 is 11.6 Å². The summed E-state index contributed by atoms with van der Waals surface area (Å²) in [5.41, 5.74) is 2.08. The zero-order chi connectivity index (χ0) is 17.3. The number of carbonyl (C=O) groups excluding carboxylic acids is 1. The van der Waals surface area contributed by atoms with Crippen molar-refractivity contribution in [3.8, 4) is 5.75 Å². The van der Waals surface area contributed by atoms with Crippen molar-refractivity contribution in [3.05, 3.63) is 59.2 Å². The van der Waals surface area contributed by atoms with Crippen LogP contribution in [0.2, 0.25) is 0 Å². The highest BCUT2D eigenvalue weighted by molar-refractivity contribution is 5.96. The molecule has 0 radical (unpaired) electrons. The van der Waals surface area contributed by atoms with Gasteiger partial charge in [-0.15, -0.1) is 0 Å². The molecule has 126 valence electrons. The smallest absolute Gasteiger partial charge is 0.230 e. The summed E-state index contributed by atoms with van der Waals surface area (Å²) in [6, 6.07) is 9.14. The highest BCUT2D eigenvalue weighted by Crippen LogP contribution is 2.35. The maximum absolute atomic E-state index is 14.0. The number of nitrogens with zero attached hydrogens (tertiary/aromatic N) is 1. The first-order valence-corrected chi connectivity index (χ1v) is 7.92. The van der Waals surface area contributed by atoms with Gasteiger partial charge in [-0.25, -0.2) is 8.78 Å². The molecule has 3 nitrogen and oxygen atoms in total. The number of anilines is 1. The van der Waals surface area contributed by atoms with Crippen LogP contribution in [0.15, 0.2) is 36.4 Å². The van der Waals surface area contributed by atoms with E-state index in [1.807, 2.05) is 6.92 Å². The number of rotatable bonds is 3. The fourth-order valence-electron chi connectivity index (χ4n) is 3.05. The Balaban J connectivity index is 2.06. The van der Waals surface area contributed by atoms with Crippen LogP contribution in [0.25, 0.3) is 0 Å². The summed E-state index contributed by atoms with van der Waals surface area (Å²) < 4.78 is 32.6. The van der Waals surface area contributed by atoms with Crippen molar-refractivity contribution in [2.24, 2.45) is 5.92 Å². The monoisotopic (exact) mass is 331 g/mol. The number of ether oxygens (including phenoxy) is 1. The summed E-state index contributed by atoms with van der Waals surface area (Å²) >= 11 is 0. The van der Waals surface area contributed by atoms with Gasteiger partial charge in [0.1, 0.15) is 5.82 Å². The molecule has 0 aromatic heterocycles. The Morgan fingerprint density at radius 2 is 2.04 bits per heavy atom. The zero-order valence-corrected chi connectivity index (χ0v) is 13.7. The van der Waals surface area contributed by atoms with E-state index in [0.29, 0.717) is 24.1 Å². The van der Waals surface area contributed by atoms with Crippen LogP contribution in [0.4, 0.5) is 14.5 Å². The SMILES string of the molecule is COc1cc2c(cc1F)CCC(C)C(=O)N2Cc1cccc(F)c1. The van der Waals surface area contributed by atoms with Gasteiger partial charge in [0.05, 0.1) is 19.3 Å². The van der Waals surface area contributed by atoms with Gasteiger partial charge in [0.25, 0.3) is 0 Å². The third-order valence-corrected chi connectivity index (χ3v) is 4.41. The van der Waals surface area contributed by atoms with E-state index in [1.165, 1.54) is 25.3 Å². The molecule has 1 unspecified atom stereocenters. The molecule has 0 N–H and O–H groups in total. The lowest BCUT2D eigenvalue weighted by molar-refractivity contribution is -0.122. The Morgan fingerprint density at radius 3 is 2.75 bits per heavy atom. The van der Waals surface area contributed by atoms with E-state index >= 15 is 0 Å². The number of hydrogen-bond acceptors (Lipinski definition) is 2. The topological polar surface area (TPSA) is 29.5 Å². The molecule has 2 aromatic carbocycles. The third-order valence-electron chi connectivity index (χ3n) is 4.41. The Bertz CT molecular complexity index is 776. The van der Waals surface area contributed by atoms with Gasteiger partial charge in [-0.1, -0.05) is 19.1 Å². The van der Waals surface area contributed by atoms with E-state index in [-0.39, 0.29) is 29.9 Å². The van der Waals surface area contributed by atoms with Crippen molar-refractivity contribution < 1.29 is 18.3 Å². The number of hydrogen-bond donors (Lipinski definition) is 0.